The summed E-state index contributed by atoms with van der Waals surface area (Å²) in [6.45, 7) is 1.17. The maximum atomic E-state index is 12.6. The summed E-state index contributed by atoms with van der Waals surface area (Å²) in [7, 11) is 0. The van der Waals surface area contributed by atoms with Crippen LogP contribution in [0.4, 0.5) is 13.2 Å². The van der Waals surface area contributed by atoms with Gasteiger partial charge in [-0.2, -0.15) is 18.3 Å². The molecule has 1 aliphatic heterocycles. The number of carboxylic acid groups (broad SMARTS) is 1. The lowest BCUT2D eigenvalue weighted by Gasteiger charge is -2.19. The quantitative estimate of drug-likeness (QED) is 0.930. The van der Waals surface area contributed by atoms with Crippen LogP contribution in [0.15, 0.2) is 36.7 Å². The summed E-state index contributed by atoms with van der Waals surface area (Å²) in [6, 6.07) is 4.25. The van der Waals surface area contributed by atoms with Crippen LogP contribution in [0.3, 0.4) is 0 Å². The molecule has 2 heterocycles. The fourth-order valence-electron chi connectivity index (χ4n) is 2.92. The van der Waals surface area contributed by atoms with Crippen LogP contribution in [-0.2, 0) is 17.5 Å². The van der Waals surface area contributed by atoms with Crippen LogP contribution in [0.1, 0.15) is 24.0 Å². The van der Waals surface area contributed by atoms with Gasteiger partial charge in [0.1, 0.15) is 6.04 Å². The zero-order valence-electron chi connectivity index (χ0n) is 12.7. The molecule has 8 heteroatoms. The molecule has 1 aromatic carbocycles. The molecule has 5 nitrogen and oxygen atoms in total. The number of halogens is 3. The fraction of sp³-hybridized carbons (Fsp3) is 0.375. The number of likely N-dealkylation sites (tertiary alicyclic amines) is 1. The molecule has 1 aliphatic rings. The Labute approximate surface area is 136 Å². The maximum absolute atomic E-state index is 12.6. The Morgan fingerprint density at radius 2 is 2.00 bits per heavy atom. The highest BCUT2D eigenvalue weighted by Crippen LogP contribution is 2.29. The third kappa shape index (κ3) is 3.43. The van der Waals surface area contributed by atoms with E-state index in [9.17, 15) is 23.1 Å². The highest BCUT2D eigenvalue weighted by atomic mass is 19.4. The zero-order chi connectivity index (χ0) is 17.3. The standard InChI is InChI=1S/C16H16F3N3O2/c17-16(18,19)12-3-5-13(6-4-12)22-10-11(8-20-22)9-21-7-1-2-14(21)15(23)24/h3-6,8,10,14H,1-2,7,9H2,(H,23,24)/t14-/m1/s1. The van der Waals surface area contributed by atoms with E-state index in [0.717, 1.165) is 24.1 Å². The number of carboxylic acids is 1. The fourth-order valence-corrected chi connectivity index (χ4v) is 2.92. The van der Waals surface area contributed by atoms with Crippen LogP contribution in [0.2, 0.25) is 0 Å². The molecule has 1 saturated heterocycles. The summed E-state index contributed by atoms with van der Waals surface area (Å²) in [4.78, 5) is 13.1. The number of rotatable bonds is 4. The minimum Gasteiger partial charge on any atom is -0.480 e. The van der Waals surface area contributed by atoms with Crippen molar-refractivity contribution in [3.63, 3.8) is 0 Å². The molecular formula is C16H16F3N3O2. The molecule has 24 heavy (non-hydrogen) atoms. The molecule has 2 aromatic rings. The van der Waals surface area contributed by atoms with E-state index in [1.54, 1.807) is 12.4 Å². The second-order valence-electron chi connectivity index (χ2n) is 5.80. The SMILES string of the molecule is O=C(O)[C@H]1CCCN1Cc1cnn(-c2ccc(C(F)(F)F)cc2)c1. The lowest BCUT2D eigenvalue weighted by molar-refractivity contribution is -0.142. The second-order valence-corrected chi connectivity index (χ2v) is 5.80. The smallest absolute Gasteiger partial charge is 0.416 e. The van der Waals surface area contributed by atoms with Gasteiger partial charge < -0.3 is 5.11 Å². The van der Waals surface area contributed by atoms with E-state index in [1.165, 1.54) is 16.8 Å². The van der Waals surface area contributed by atoms with Crippen LogP contribution in [-0.4, -0.2) is 38.3 Å². The molecule has 0 bridgehead atoms. The van der Waals surface area contributed by atoms with Gasteiger partial charge in [0.2, 0.25) is 0 Å². The van der Waals surface area contributed by atoms with Crippen LogP contribution in [0.25, 0.3) is 5.69 Å². The number of aliphatic carboxylic acids is 1. The van der Waals surface area contributed by atoms with Gasteiger partial charge in [0, 0.05) is 18.3 Å². The van der Waals surface area contributed by atoms with E-state index in [0.29, 0.717) is 25.2 Å². The van der Waals surface area contributed by atoms with Crippen molar-refractivity contribution in [1.29, 1.82) is 0 Å². The highest BCUT2D eigenvalue weighted by Gasteiger charge is 2.31. The van der Waals surface area contributed by atoms with E-state index >= 15 is 0 Å². The summed E-state index contributed by atoms with van der Waals surface area (Å²) >= 11 is 0. The summed E-state index contributed by atoms with van der Waals surface area (Å²) in [5, 5.41) is 13.3. The molecular weight excluding hydrogens is 323 g/mol. The Balaban J connectivity index is 1.72. The van der Waals surface area contributed by atoms with Crippen molar-refractivity contribution in [3.05, 3.63) is 47.8 Å². The predicted octanol–water partition coefficient (Wildman–Crippen LogP) is 2.94. The van der Waals surface area contributed by atoms with Crippen molar-refractivity contribution in [2.24, 2.45) is 0 Å². The second kappa shape index (κ2) is 6.27. The van der Waals surface area contributed by atoms with Crippen LogP contribution in [0, 0.1) is 0 Å². The van der Waals surface area contributed by atoms with Crippen molar-refractivity contribution < 1.29 is 23.1 Å². The molecule has 0 aliphatic carbocycles. The van der Waals surface area contributed by atoms with Crippen molar-refractivity contribution in [1.82, 2.24) is 14.7 Å². The number of hydrogen-bond acceptors (Lipinski definition) is 3. The summed E-state index contributed by atoms with van der Waals surface area (Å²) < 4.78 is 39.2. The average molecular weight is 339 g/mol. The first kappa shape index (κ1) is 16.5. The van der Waals surface area contributed by atoms with Gasteiger partial charge in [-0.25, -0.2) is 4.68 Å². The van der Waals surface area contributed by atoms with Crippen molar-refractivity contribution in [2.45, 2.75) is 31.6 Å². The van der Waals surface area contributed by atoms with Crippen LogP contribution >= 0.6 is 0 Å². The Kier molecular flexibility index (Phi) is 4.31. The number of benzene rings is 1. The summed E-state index contributed by atoms with van der Waals surface area (Å²) in [5.41, 5.74) is 0.633. The van der Waals surface area contributed by atoms with Gasteiger partial charge >= 0.3 is 12.1 Å². The zero-order valence-corrected chi connectivity index (χ0v) is 12.7. The van der Waals surface area contributed by atoms with Crippen molar-refractivity contribution in [2.75, 3.05) is 6.54 Å². The lowest BCUT2D eigenvalue weighted by atomic mass is 10.2. The van der Waals surface area contributed by atoms with E-state index in [4.69, 9.17) is 0 Å². The number of nitrogens with zero attached hydrogens (tertiary/aromatic N) is 3. The monoisotopic (exact) mass is 339 g/mol. The lowest BCUT2D eigenvalue weighted by Crippen LogP contribution is -2.35. The molecule has 0 radical (unpaired) electrons. The summed E-state index contributed by atoms with van der Waals surface area (Å²) in [6.07, 6.45) is 0.413. The van der Waals surface area contributed by atoms with Gasteiger partial charge in [-0.1, -0.05) is 0 Å². The minimum absolute atomic E-state index is 0.456. The number of hydrogen-bond donors (Lipinski definition) is 1. The Morgan fingerprint density at radius 1 is 1.29 bits per heavy atom. The van der Waals surface area contributed by atoms with E-state index in [1.807, 2.05) is 4.90 Å². The van der Waals surface area contributed by atoms with Gasteiger partial charge in [0.05, 0.1) is 17.4 Å². The van der Waals surface area contributed by atoms with Gasteiger partial charge in [0.25, 0.3) is 0 Å². The molecule has 3 rings (SSSR count). The maximum Gasteiger partial charge on any atom is 0.416 e. The van der Waals surface area contributed by atoms with Crippen molar-refractivity contribution >= 4 is 5.97 Å². The molecule has 0 spiro atoms. The molecule has 1 fully saturated rings. The van der Waals surface area contributed by atoms with Gasteiger partial charge in [-0.3, -0.25) is 9.69 Å². The van der Waals surface area contributed by atoms with Gasteiger partial charge in [-0.15, -0.1) is 0 Å². The number of alkyl halides is 3. The Bertz CT molecular complexity index is 725. The normalized spacial score (nSPS) is 18.9. The molecule has 128 valence electrons. The highest BCUT2D eigenvalue weighted by molar-refractivity contribution is 5.73. The van der Waals surface area contributed by atoms with Crippen LogP contribution in [0.5, 0.6) is 0 Å². The topological polar surface area (TPSA) is 58.4 Å². The molecule has 1 atom stereocenters. The Hall–Kier alpha value is -2.35. The van der Waals surface area contributed by atoms with Gasteiger partial charge in [0.15, 0.2) is 0 Å². The third-order valence-corrected chi connectivity index (χ3v) is 4.13. The molecule has 0 amide bonds. The first-order valence-corrected chi connectivity index (χ1v) is 7.52. The predicted molar refractivity (Wildman–Crippen MR) is 79.6 cm³/mol. The minimum atomic E-state index is -4.37. The molecule has 1 N–H and O–H groups in total. The first-order valence-electron chi connectivity index (χ1n) is 7.52. The number of carbonyl (C=O) groups is 1. The summed E-state index contributed by atoms with van der Waals surface area (Å²) in [5.74, 6) is -0.831. The van der Waals surface area contributed by atoms with Crippen LogP contribution < -0.4 is 0 Å². The Morgan fingerprint density at radius 3 is 2.62 bits per heavy atom. The largest absolute Gasteiger partial charge is 0.480 e. The third-order valence-electron chi connectivity index (χ3n) is 4.13. The molecule has 0 saturated carbocycles. The number of aromatic nitrogens is 2. The van der Waals surface area contributed by atoms with Crippen molar-refractivity contribution in [3.8, 4) is 5.69 Å². The van der Waals surface area contributed by atoms with E-state index in [-0.39, 0.29) is 0 Å². The average Bonchev–Trinajstić information content (AvgIpc) is 3.16. The van der Waals surface area contributed by atoms with E-state index < -0.39 is 23.8 Å². The molecule has 0 unspecified atom stereocenters. The first-order chi connectivity index (χ1) is 11.3. The van der Waals surface area contributed by atoms with E-state index in [2.05, 4.69) is 5.10 Å². The van der Waals surface area contributed by atoms with Gasteiger partial charge in [-0.05, 0) is 43.7 Å². The molecule has 1 aromatic heterocycles.